The number of nitrogens with zero attached hydrogens (tertiary/aromatic N) is 1. The molecule has 2 fully saturated rings. The number of rotatable bonds is 2. The molecule has 8 heteroatoms. The van der Waals surface area contributed by atoms with Crippen LogP contribution in [0.4, 0.5) is 0 Å². The van der Waals surface area contributed by atoms with Gasteiger partial charge in [0.05, 0.1) is 8.68 Å². The first-order chi connectivity index (χ1) is 8.93. The van der Waals surface area contributed by atoms with Gasteiger partial charge in [0, 0.05) is 24.5 Å². The molecule has 0 amide bonds. The highest BCUT2D eigenvalue weighted by molar-refractivity contribution is 9.11. The van der Waals surface area contributed by atoms with Crippen LogP contribution in [0.15, 0.2) is 14.7 Å². The van der Waals surface area contributed by atoms with Gasteiger partial charge in [0.15, 0.2) is 0 Å². The summed E-state index contributed by atoms with van der Waals surface area (Å²) in [6.07, 6.45) is 2.06. The molecule has 114 valence electrons. The van der Waals surface area contributed by atoms with Crippen LogP contribution in [0.3, 0.4) is 0 Å². The van der Waals surface area contributed by atoms with E-state index in [9.17, 15) is 8.42 Å². The number of hydrogen-bond acceptors (Lipinski definition) is 4. The average molecular weight is 402 g/mol. The van der Waals surface area contributed by atoms with Crippen LogP contribution in [-0.4, -0.2) is 38.9 Å². The van der Waals surface area contributed by atoms with E-state index in [0.717, 1.165) is 34.6 Å². The molecule has 0 saturated carbocycles. The Morgan fingerprint density at radius 3 is 2.75 bits per heavy atom. The summed E-state index contributed by atoms with van der Waals surface area (Å²) in [5.41, 5.74) is 0.175. The van der Waals surface area contributed by atoms with Crippen molar-refractivity contribution in [3.63, 3.8) is 0 Å². The summed E-state index contributed by atoms with van der Waals surface area (Å²) in [5.74, 6) is 0. The van der Waals surface area contributed by atoms with E-state index in [1.165, 1.54) is 11.3 Å². The van der Waals surface area contributed by atoms with E-state index in [0.29, 0.717) is 18.0 Å². The molecule has 3 rings (SSSR count). The Bertz CT molecular complexity index is 597. The zero-order valence-corrected chi connectivity index (χ0v) is 15.2. The van der Waals surface area contributed by atoms with Gasteiger partial charge in [-0.05, 0) is 53.7 Å². The van der Waals surface area contributed by atoms with Crippen molar-refractivity contribution in [2.45, 2.75) is 24.7 Å². The van der Waals surface area contributed by atoms with Gasteiger partial charge in [0.2, 0.25) is 10.0 Å². The lowest BCUT2D eigenvalue weighted by Crippen LogP contribution is -2.33. The minimum absolute atomic E-state index is 0. The van der Waals surface area contributed by atoms with Gasteiger partial charge in [-0.15, -0.1) is 23.7 Å². The maximum atomic E-state index is 12.7. The second-order valence-corrected chi connectivity index (χ2v) is 10.0. The van der Waals surface area contributed by atoms with Crippen molar-refractivity contribution in [3.8, 4) is 0 Å². The highest BCUT2D eigenvalue weighted by Crippen LogP contribution is 2.40. The standard InChI is InChI=1S/C12H17BrN2O2S2.ClH/c1-9-10(6-11(13)18-9)19(16,17)15-5-3-12(8-15)2-4-14-7-12;/h6,14H,2-5,7-8H2,1H3;1H. The third-order valence-corrected chi connectivity index (χ3v) is 7.85. The molecule has 0 bridgehead atoms. The number of hydrogen-bond donors (Lipinski definition) is 1. The first-order valence-electron chi connectivity index (χ1n) is 6.40. The predicted molar refractivity (Wildman–Crippen MR) is 87.3 cm³/mol. The van der Waals surface area contributed by atoms with Gasteiger partial charge in [-0.2, -0.15) is 4.31 Å². The molecule has 1 aromatic heterocycles. The molecule has 1 N–H and O–H groups in total. The van der Waals surface area contributed by atoms with Crippen LogP contribution >= 0.6 is 39.7 Å². The van der Waals surface area contributed by atoms with Gasteiger partial charge in [-0.3, -0.25) is 0 Å². The normalized spacial score (nSPS) is 27.1. The molecule has 1 spiro atoms. The van der Waals surface area contributed by atoms with Crippen molar-refractivity contribution < 1.29 is 8.42 Å². The molecule has 2 saturated heterocycles. The molecule has 1 unspecified atom stereocenters. The van der Waals surface area contributed by atoms with Crippen molar-refractivity contribution in [1.82, 2.24) is 9.62 Å². The van der Waals surface area contributed by atoms with Gasteiger partial charge >= 0.3 is 0 Å². The van der Waals surface area contributed by atoms with Crippen molar-refractivity contribution in [2.24, 2.45) is 5.41 Å². The quantitative estimate of drug-likeness (QED) is 0.829. The smallest absolute Gasteiger partial charge is 0.244 e. The van der Waals surface area contributed by atoms with Crippen LogP contribution in [0, 0.1) is 12.3 Å². The molecule has 2 aliphatic rings. The van der Waals surface area contributed by atoms with E-state index in [2.05, 4.69) is 21.2 Å². The maximum Gasteiger partial charge on any atom is 0.244 e. The van der Waals surface area contributed by atoms with Gasteiger partial charge in [-0.25, -0.2) is 8.42 Å². The monoisotopic (exact) mass is 400 g/mol. The summed E-state index contributed by atoms with van der Waals surface area (Å²) < 4.78 is 27.9. The van der Waals surface area contributed by atoms with Gasteiger partial charge in [0.25, 0.3) is 0 Å². The first kappa shape index (κ1) is 16.7. The summed E-state index contributed by atoms with van der Waals surface area (Å²) >= 11 is 4.85. The van der Waals surface area contributed by atoms with Gasteiger partial charge in [-0.1, -0.05) is 0 Å². The molecular weight excluding hydrogens is 384 g/mol. The van der Waals surface area contributed by atoms with E-state index in [-0.39, 0.29) is 17.8 Å². The Hall–Kier alpha value is 0.340. The lowest BCUT2D eigenvalue weighted by Gasteiger charge is -2.22. The number of halogens is 2. The fourth-order valence-electron chi connectivity index (χ4n) is 3.07. The summed E-state index contributed by atoms with van der Waals surface area (Å²) in [7, 11) is -3.33. The van der Waals surface area contributed by atoms with Crippen LogP contribution in [0.1, 0.15) is 17.7 Å². The predicted octanol–water partition coefficient (Wildman–Crippen LogP) is 2.61. The molecule has 0 aliphatic carbocycles. The Morgan fingerprint density at radius 1 is 1.45 bits per heavy atom. The molecule has 0 aromatic carbocycles. The third-order valence-electron chi connectivity index (χ3n) is 4.20. The van der Waals surface area contributed by atoms with E-state index < -0.39 is 10.0 Å². The average Bonchev–Trinajstić information content (AvgIpc) is 3.03. The van der Waals surface area contributed by atoms with E-state index in [4.69, 9.17) is 0 Å². The minimum Gasteiger partial charge on any atom is -0.316 e. The Labute approximate surface area is 138 Å². The molecule has 4 nitrogen and oxygen atoms in total. The highest BCUT2D eigenvalue weighted by Gasteiger charge is 2.44. The summed E-state index contributed by atoms with van der Waals surface area (Å²) in [6.45, 7) is 5.14. The van der Waals surface area contributed by atoms with E-state index >= 15 is 0 Å². The van der Waals surface area contributed by atoms with Crippen LogP contribution in [-0.2, 0) is 10.0 Å². The van der Waals surface area contributed by atoms with Crippen LogP contribution in [0.25, 0.3) is 0 Å². The van der Waals surface area contributed by atoms with Crippen molar-refractivity contribution >= 4 is 49.7 Å². The zero-order chi connectivity index (χ0) is 13.7. The zero-order valence-electron chi connectivity index (χ0n) is 11.2. The van der Waals surface area contributed by atoms with Crippen molar-refractivity contribution in [1.29, 1.82) is 0 Å². The SMILES string of the molecule is Cc1sc(Br)cc1S(=O)(=O)N1CCC2(CCNC2)C1.Cl. The highest BCUT2D eigenvalue weighted by atomic mass is 79.9. The molecule has 1 aromatic rings. The maximum absolute atomic E-state index is 12.7. The topological polar surface area (TPSA) is 49.4 Å². The van der Waals surface area contributed by atoms with Crippen LogP contribution < -0.4 is 5.32 Å². The summed E-state index contributed by atoms with van der Waals surface area (Å²) in [4.78, 5) is 1.32. The van der Waals surface area contributed by atoms with Crippen molar-refractivity contribution in [2.75, 3.05) is 26.2 Å². The molecule has 1 atom stereocenters. The second kappa shape index (κ2) is 5.85. The lowest BCUT2D eigenvalue weighted by molar-refractivity contribution is 0.338. The Balaban J connectivity index is 0.00000147. The number of sulfonamides is 1. The van der Waals surface area contributed by atoms with Crippen molar-refractivity contribution in [3.05, 3.63) is 14.7 Å². The number of aryl methyl sites for hydroxylation is 1. The summed E-state index contributed by atoms with van der Waals surface area (Å²) in [5, 5.41) is 3.36. The van der Waals surface area contributed by atoms with E-state index in [1.54, 1.807) is 10.4 Å². The lowest BCUT2D eigenvalue weighted by atomic mass is 9.87. The van der Waals surface area contributed by atoms with Crippen LogP contribution in [0.2, 0.25) is 0 Å². The molecular formula is C12H18BrClN2O2S2. The van der Waals surface area contributed by atoms with Crippen LogP contribution in [0.5, 0.6) is 0 Å². The van der Waals surface area contributed by atoms with Gasteiger partial charge in [0.1, 0.15) is 0 Å². The molecule has 2 aliphatic heterocycles. The summed E-state index contributed by atoms with van der Waals surface area (Å²) in [6, 6.07) is 1.73. The number of thiophene rings is 1. The Morgan fingerprint density at radius 2 is 2.20 bits per heavy atom. The minimum atomic E-state index is -3.33. The van der Waals surface area contributed by atoms with Gasteiger partial charge < -0.3 is 5.32 Å². The van der Waals surface area contributed by atoms with E-state index in [1.807, 2.05) is 6.92 Å². The fourth-order valence-corrected chi connectivity index (χ4v) is 7.01. The third kappa shape index (κ3) is 2.80. The molecule has 0 radical (unpaired) electrons. The largest absolute Gasteiger partial charge is 0.316 e. The Kier molecular flexibility index (Phi) is 4.89. The fraction of sp³-hybridized carbons (Fsp3) is 0.667. The molecule has 3 heterocycles. The first-order valence-corrected chi connectivity index (χ1v) is 9.45. The second-order valence-electron chi connectivity index (χ2n) is 5.49. The number of nitrogens with one attached hydrogen (secondary N) is 1. The molecule has 20 heavy (non-hydrogen) atoms.